The van der Waals surface area contributed by atoms with Crippen molar-refractivity contribution >= 4 is 0 Å². The number of imidazole rings is 3. The maximum Gasteiger partial charge on any atom is 0.129 e. The van der Waals surface area contributed by atoms with Crippen LogP contribution in [-0.4, -0.2) is 46.6 Å². The van der Waals surface area contributed by atoms with E-state index in [1.54, 1.807) is 0 Å². The van der Waals surface area contributed by atoms with Gasteiger partial charge in [0.2, 0.25) is 0 Å². The van der Waals surface area contributed by atoms with E-state index in [1.807, 2.05) is 35.7 Å². The molecule has 7 heteroatoms. The Morgan fingerprint density at radius 3 is 2.22 bits per heavy atom. The standard InChI is InChI=1S/C29H31N7/c1-2-4-24(5-3-1)21-34-18-13-31-28(34)22-35-19-14-32-29(35)26-10-15-33(16-11-26)20-25-6-8-27(9-7-25)36-17-12-30-23-36/h1-9,12-14,17-19,23,26H,10-11,15-16,20-22H2. The van der Waals surface area contributed by atoms with Gasteiger partial charge in [0.05, 0.1) is 12.9 Å². The second kappa shape index (κ2) is 10.3. The van der Waals surface area contributed by atoms with Gasteiger partial charge in [-0.15, -0.1) is 0 Å². The number of hydrogen-bond donors (Lipinski definition) is 0. The van der Waals surface area contributed by atoms with E-state index in [0.29, 0.717) is 5.92 Å². The quantitative estimate of drug-likeness (QED) is 0.324. The van der Waals surface area contributed by atoms with Crippen molar-refractivity contribution in [2.75, 3.05) is 13.1 Å². The monoisotopic (exact) mass is 477 g/mol. The summed E-state index contributed by atoms with van der Waals surface area (Å²) < 4.78 is 6.56. The zero-order valence-electron chi connectivity index (χ0n) is 20.4. The first-order valence-corrected chi connectivity index (χ1v) is 12.7. The summed E-state index contributed by atoms with van der Waals surface area (Å²) in [5.41, 5.74) is 3.78. The Morgan fingerprint density at radius 2 is 1.44 bits per heavy atom. The van der Waals surface area contributed by atoms with Crippen LogP contribution in [0.1, 0.15) is 41.5 Å². The predicted octanol–water partition coefficient (Wildman–Crippen LogP) is 4.74. The van der Waals surface area contributed by atoms with Gasteiger partial charge in [0.15, 0.2) is 0 Å². The second-order valence-electron chi connectivity index (χ2n) is 9.56. The molecule has 6 rings (SSSR count). The molecule has 1 aliphatic rings. The summed E-state index contributed by atoms with van der Waals surface area (Å²) in [6.07, 6.45) is 15.9. The van der Waals surface area contributed by atoms with Crippen molar-refractivity contribution < 1.29 is 0 Å². The molecule has 0 aliphatic carbocycles. The minimum Gasteiger partial charge on any atom is -0.329 e. The van der Waals surface area contributed by atoms with Gasteiger partial charge in [-0.3, -0.25) is 4.90 Å². The number of hydrogen-bond acceptors (Lipinski definition) is 4. The van der Waals surface area contributed by atoms with Crippen molar-refractivity contribution in [1.82, 2.24) is 33.6 Å². The van der Waals surface area contributed by atoms with Crippen molar-refractivity contribution in [3.05, 3.63) is 121 Å². The minimum absolute atomic E-state index is 0.484. The smallest absolute Gasteiger partial charge is 0.129 e. The van der Waals surface area contributed by atoms with Crippen LogP contribution in [0.4, 0.5) is 0 Å². The van der Waals surface area contributed by atoms with Crippen LogP contribution < -0.4 is 0 Å². The zero-order valence-corrected chi connectivity index (χ0v) is 20.4. The highest BCUT2D eigenvalue weighted by Crippen LogP contribution is 2.28. The first-order valence-electron chi connectivity index (χ1n) is 12.7. The third-order valence-corrected chi connectivity index (χ3v) is 7.15. The van der Waals surface area contributed by atoms with E-state index >= 15 is 0 Å². The lowest BCUT2D eigenvalue weighted by Gasteiger charge is -2.32. The van der Waals surface area contributed by atoms with Gasteiger partial charge < -0.3 is 13.7 Å². The van der Waals surface area contributed by atoms with Gasteiger partial charge in [0, 0.05) is 61.9 Å². The number of rotatable bonds is 8. The van der Waals surface area contributed by atoms with Crippen molar-refractivity contribution in [3.63, 3.8) is 0 Å². The van der Waals surface area contributed by atoms with Gasteiger partial charge in [0.1, 0.15) is 11.6 Å². The van der Waals surface area contributed by atoms with E-state index in [4.69, 9.17) is 4.98 Å². The highest BCUT2D eigenvalue weighted by Gasteiger charge is 2.24. The van der Waals surface area contributed by atoms with Crippen LogP contribution in [0.25, 0.3) is 5.69 Å². The maximum absolute atomic E-state index is 4.78. The van der Waals surface area contributed by atoms with Crippen LogP contribution in [0, 0.1) is 0 Å². The molecule has 1 aliphatic heterocycles. The van der Waals surface area contributed by atoms with Crippen LogP contribution in [0.3, 0.4) is 0 Å². The molecule has 1 fully saturated rings. The van der Waals surface area contributed by atoms with Crippen molar-refractivity contribution in [2.45, 2.75) is 38.4 Å². The summed E-state index contributed by atoms with van der Waals surface area (Å²) in [5.74, 6) is 2.74. The van der Waals surface area contributed by atoms with Crippen molar-refractivity contribution in [3.8, 4) is 5.69 Å². The predicted molar refractivity (Wildman–Crippen MR) is 140 cm³/mol. The average Bonchev–Trinajstić information content (AvgIpc) is 3.70. The lowest BCUT2D eigenvalue weighted by molar-refractivity contribution is 0.200. The van der Waals surface area contributed by atoms with E-state index in [2.05, 4.69) is 91.0 Å². The largest absolute Gasteiger partial charge is 0.329 e. The van der Waals surface area contributed by atoms with Gasteiger partial charge in [-0.05, 0) is 49.2 Å². The molecule has 0 spiro atoms. The molecule has 5 aromatic rings. The first kappa shape index (κ1) is 22.5. The molecule has 182 valence electrons. The molecule has 0 amide bonds. The Hall–Kier alpha value is -3.97. The first-order chi connectivity index (χ1) is 17.8. The van der Waals surface area contributed by atoms with Crippen molar-refractivity contribution in [1.29, 1.82) is 0 Å². The Bertz CT molecular complexity index is 1360. The van der Waals surface area contributed by atoms with Gasteiger partial charge in [-0.25, -0.2) is 15.0 Å². The molecular formula is C29H31N7. The van der Waals surface area contributed by atoms with Gasteiger partial charge in [0.25, 0.3) is 0 Å². The highest BCUT2D eigenvalue weighted by atomic mass is 15.2. The Kier molecular flexibility index (Phi) is 6.46. The Morgan fingerprint density at radius 1 is 0.694 bits per heavy atom. The molecule has 2 aromatic carbocycles. The van der Waals surface area contributed by atoms with E-state index < -0.39 is 0 Å². The second-order valence-corrected chi connectivity index (χ2v) is 9.56. The summed E-state index contributed by atoms with van der Waals surface area (Å²) in [5, 5.41) is 0. The average molecular weight is 478 g/mol. The molecule has 0 saturated carbocycles. The fraction of sp³-hybridized carbons (Fsp3) is 0.276. The summed E-state index contributed by atoms with van der Waals surface area (Å²) in [7, 11) is 0. The summed E-state index contributed by atoms with van der Waals surface area (Å²) >= 11 is 0. The fourth-order valence-corrected chi connectivity index (χ4v) is 5.18. The molecule has 0 atom stereocenters. The zero-order chi connectivity index (χ0) is 24.2. The lowest BCUT2D eigenvalue weighted by Crippen LogP contribution is -2.33. The maximum atomic E-state index is 4.78. The van der Waals surface area contributed by atoms with Crippen LogP contribution in [0.2, 0.25) is 0 Å². The minimum atomic E-state index is 0.484. The highest BCUT2D eigenvalue weighted by molar-refractivity contribution is 5.34. The lowest BCUT2D eigenvalue weighted by atomic mass is 9.95. The molecule has 0 N–H and O–H groups in total. The molecule has 3 aromatic heterocycles. The molecule has 36 heavy (non-hydrogen) atoms. The third kappa shape index (κ3) is 5.02. The topological polar surface area (TPSA) is 56.7 Å². The van der Waals surface area contributed by atoms with E-state index in [1.165, 1.54) is 17.0 Å². The summed E-state index contributed by atoms with van der Waals surface area (Å²) in [6, 6.07) is 19.3. The van der Waals surface area contributed by atoms with Crippen LogP contribution in [0.15, 0.2) is 98.1 Å². The Balaban J connectivity index is 1.06. The van der Waals surface area contributed by atoms with Crippen LogP contribution >= 0.6 is 0 Å². The summed E-state index contributed by atoms with van der Waals surface area (Å²) in [6.45, 7) is 4.75. The third-order valence-electron chi connectivity index (χ3n) is 7.15. The molecule has 0 radical (unpaired) electrons. The number of nitrogens with zero attached hydrogens (tertiary/aromatic N) is 7. The van der Waals surface area contributed by atoms with E-state index in [-0.39, 0.29) is 0 Å². The number of benzene rings is 2. The molecule has 0 bridgehead atoms. The van der Waals surface area contributed by atoms with Crippen molar-refractivity contribution in [2.24, 2.45) is 0 Å². The van der Waals surface area contributed by atoms with E-state index in [9.17, 15) is 0 Å². The Labute approximate surface area is 211 Å². The fourth-order valence-electron chi connectivity index (χ4n) is 5.18. The summed E-state index contributed by atoms with van der Waals surface area (Å²) in [4.78, 5) is 16.1. The van der Waals surface area contributed by atoms with Crippen LogP contribution in [0.5, 0.6) is 0 Å². The molecule has 4 heterocycles. The SMILES string of the molecule is c1ccc(Cn2ccnc2Cn2ccnc2C2CCN(Cc3ccc(-n4ccnc4)cc3)CC2)cc1. The van der Waals surface area contributed by atoms with Gasteiger partial charge >= 0.3 is 0 Å². The van der Waals surface area contributed by atoms with Gasteiger partial charge in [-0.2, -0.15) is 0 Å². The number of likely N-dealkylation sites (tertiary alicyclic amines) is 1. The number of piperidine rings is 1. The molecular weight excluding hydrogens is 446 g/mol. The number of aromatic nitrogens is 6. The normalized spacial score (nSPS) is 14.9. The molecule has 0 unspecified atom stereocenters. The van der Waals surface area contributed by atoms with Crippen LogP contribution in [-0.2, 0) is 19.6 Å². The van der Waals surface area contributed by atoms with E-state index in [0.717, 1.165) is 57.1 Å². The molecule has 7 nitrogen and oxygen atoms in total. The molecule has 1 saturated heterocycles. The van der Waals surface area contributed by atoms with Gasteiger partial charge in [-0.1, -0.05) is 42.5 Å².